The minimum Gasteiger partial charge on any atom is -0.495 e. The number of hydrogen-bond acceptors (Lipinski definition) is 3. The second-order valence-electron chi connectivity index (χ2n) is 5.15. The molecule has 1 fully saturated rings. The van der Waals surface area contributed by atoms with Gasteiger partial charge in [0.2, 0.25) is 0 Å². The molecular formula is C15H24N2O. The van der Waals surface area contributed by atoms with Crippen LogP contribution in [-0.2, 0) is 0 Å². The number of hydrogen-bond donors (Lipinski definition) is 1. The number of methoxy groups -OCH3 is 1. The van der Waals surface area contributed by atoms with Crippen LogP contribution in [0.1, 0.15) is 43.7 Å². The van der Waals surface area contributed by atoms with E-state index < -0.39 is 0 Å². The monoisotopic (exact) mass is 248 g/mol. The summed E-state index contributed by atoms with van der Waals surface area (Å²) in [4.78, 5) is 4.59. The van der Waals surface area contributed by atoms with Crippen LogP contribution in [0.4, 0.5) is 0 Å². The highest BCUT2D eigenvalue weighted by atomic mass is 16.5. The van der Waals surface area contributed by atoms with E-state index in [-0.39, 0.29) is 0 Å². The van der Waals surface area contributed by atoms with E-state index in [0.717, 1.165) is 18.0 Å². The summed E-state index contributed by atoms with van der Waals surface area (Å²) in [6.45, 7) is 1.07. The zero-order valence-electron chi connectivity index (χ0n) is 11.5. The summed E-state index contributed by atoms with van der Waals surface area (Å²) < 4.78 is 5.48. The maximum Gasteiger partial charge on any atom is 0.140 e. The Bertz CT molecular complexity index is 367. The summed E-state index contributed by atoms with van der Waals surface area (Å²) >= 11 is 0. The van der Waals surface area contributed by atoms with Crippen LogP contribution in [0.5, 0.6) is 5.75 Å². The van der Waals surface area contributed by atoms with Crippen LogP contribution in [0.3, 0.4) is 0 Å². The number of nitrogens with one attached hydrogen (secondary N) is 1. The molecule has 1 aromatic heterocycles. The van der Waals surface area contributed by atoms with Gasteiger partial charge in [0.15, 0.2) is 0 Å². The van der Waals surface area contributed by atoms with E-state index in [0.29, 0.717) is 11.8 Å². The molecule has 1 aromatic rings. The number of nitrogens with zero attached hydrogens (tertiary/aromatic N) is 1. The molecule has 1 N–H and O–H groups in total. The summed E-state index contributed by atoms with van der Waals surface area (Å²) in [7, 11) is 3.78. The molecule has 18 heavy (non-hydrogen) atoms. The molecular weight excluding hydrogens is 224 g/mol. The molecule has 0 radical (unpaired) electrons. The van der Waals surface area contributed by atoms with Crippen LogP contribution < -0.4 is 10.1 Å². The van der Waals surface area contributed by atoms with Gasteiger partial charge in [-0.3, -0.25) is 4.98 Å². The molecule has 3 heteroatoms. The summed E-state index contributed by atoms with van der Waals surface area (Å²) in [6, 6.07) is 3.98. The van der Waals surface area contributed by atoms with Gasteiger partial charge in [0.25, 0.3) is 0 Å². The average molecular weight is 248 g/mol. The van der Waals surface area contributed by atoms with Gasteiger partial charge in [-0.15, -0.1) is 0 Å². The van der Waals surface area contributed by atoms with E-state index in [1.165, 1.54) is 32.1 Å². The molecule has 2 unspecified atom stereocenters. The standard InChI is InChI=1S/C15H24N2O/c1-16-11-12-7-4-3-5-8-13(12)15-14(18-2)9-6-10-17-15/h6,9-10,12-13,16H,3-5,7-8,11H2,1-2H3. The van der Waals surface area contributed by atoms with E-state index in [4.69, 9.17) is 4.74 Å². The van der Waals surface area contributed by atoms with E-state index in [9.17, 15) is 0 Å². The van der Waals surface area contributed by atoms with Crippen molar-refractivity contribution in [2.45, 2.75) is 38.0 Å². The maximum atomic E-state index is 5.48. The quantitative estimate of drug-likeness (QED) is 0.832. The molecule has 0 bridgehead atoms. The molecule has 1 aliphatic rings. The Balaban J connectivity index is 2.25. The highest BCUT2D eigenvalue weighted by Crippen LogP contribution is 2.38. The lowest BCUT2D eigenvalue weighted by atomic mass is 9.84. The summed E-state index contributed by atoms with van der Waals surface area (Å²) in [6.07, 6.45) is 8.43. The molecule has 0 amide bonds. The fraction of sp³-hybridized carbons (Fsp3) is 0.667. The zero-order valence-corrected chi connectivity index (χ0v) is 11.5. The lowest BCUT2D eigenvalue weighted by Crippen LogP contribution is -2.25. The SMILES string of the molecule is CNCC1CCCCCC1c1ncccc1OC. The van der Waals surface area contributed by atoms with E-state index >= 15 is 0 Å². The van der Waals surface area contributed by atoms with E-state index in [1.54, 1.807) is 7.11 Å². The lowest BCUT2D eigenvalue weighted by Gasteiger charge is -2.25. The second kappa shape index (κ2) is 6.74. The van der Waals surface area contributed by atoms with E-state index in [2.05, 4.69) is 10.3 Å². The molecule has 1 saturated carbocycles. The van der Waals surface area contributed by atoms with Crippen molar-refractivity contribution in [2.75, 3.05) is 20.7 Å². The second-order valence-corrected chi connectivity index (χ2v) is 5.15. The van der Waals surface area contributed by atoms with Crippen LogP contribution in [0.2, 0.25) is 0 Å². The number of pyridine rings is 1. The van der Waals surface area contributed by atoms with Gasteiger partial charge in [0, 0.05) is 12.1 Å². The molecule has 1 heterocycles. The van der Waals surface area contributed by atoms with E-state index in [1.807, 2.05) is 25.4 Å². The van der Waals surface area contributed by atoms with Gasteiger partial charge in [-0.05, 0) is 44.5 Å². The molecule has 2 rings (SSSR count). The first-order chi connectivity index (χ1) is 8.86. The first-order valence-corrected chi connectivity index (χ1v) is 7.00. The van der Waals surface area contributed by atoms with Crippen LogP contribution in [0.15, 0.2) is 18.3 Å². The first kappa shape index (κ1) is 13.3. The topological polar surface area (TPSA) is 34.2 Å². The highest BCUT2D eigenvalue weighted by molar-refractivity contribution is 5.30. The molecule has 0 spiro atoms. The number of ether oxygens (including phenoxy) is 1. The van der Waals surface area contributed by atoms with Crippen molar-refractivity contribution < 1.29 is 4.74 Å². The normalized spacial score (nSPS) is 24.6. The van der Waals surface area contributed by atoms with Crippen molar-refractivity contribution in [1.29, 1.82) is 0 Å². The Hall–Kier alpha value is -1.09. The predicted molar refractivity (Wildman–Crippen MR) is 74.0 cm³/mol. The Labute approximate surface area is 110 Å². The van der Waals surface area contributed by atoms with Crippen molar-refractivity contribution in [3.63, 3.8) is 0 Å². The molecule has 100 valence electrons. The lowest BCUT2D eigenvalue weighted by molar-refractivity contribution is 0.353. The maximum absolute atomic E-state index is 5.48. The van der Waals surface area contributed by atoms with Gasteiger partial charge < -0.3 is 10.1 Å². The molecule has 0 aromatic carbocycles. The fourth-order valence-corrected chi connectivity index (χ4v) is 3.10. The minimum atomic E-state index is 0.538. The fourth-order valence-electron chi connectivity index (χ4n) is 3.10. The third-order valence-corrected chi connectivity index (χ3v) is 4.00. The van der Waals surface area contributed by atoms with Crippen LogP contribution >= 0.6 is 0 Å². The molecule has 3 nitrogen and oxygen atoms in total. The number of aromatic nitrogens is 1. The van der Waals surface area contributed by atoms with Crippen LogP contribution in [0.25, 0.3) is 0 Å². The van der Waals surface area contributed by atoms with Crippen molar-refractivity contribution in [3.8, 4) is 5.75 Å². The van der Waals surface area contributed by atoms with Crippen molar-refractivity contribution in [3.05, 3.63) is 24.0 Å². The van der Waals surface area contributed by atoms with Crippen molar-refractivity contribution >= 4 is 0 Å². The molecule has 2 atom stereocenters. The summed E-state index contributed by atoms with van der Waals surface area (Å²) in [5.41, 5.74) is 1.15. The average Bonchev–Trinajstić information content (AvgIpc) is 2.65. The third kappa shape index (κ3) is 3.02. The molecule has 0 saturated heterocycles. The summed E-state index contributed by atoms with van der Waals surface area (Å²) in [5.74, 6) is 2.17. The number of rotatable bonds is 4. The Kier molecular flexibility index (Phi) is 5.00. The molecule has 0 aliphatic heterocycles. The van der Waals surface area contributed by atoms with Crippen LogP contribution in [0, 0.1) is 5.92 Å². The zero-order chi connectivity index (χ0) is 12.8. The minimum absolute atomic E-state index is 0.538. The largest absolute Gasteiger partial charge is 0.495 e. The van der Waals surface area contributed by atoms with Gasteiger partial charge in [-0.25, -0.2) is 0 Å². The van der Waals surface area contributed by atoms with Gasteiger partial charge >= 0.3 is 0 Å². The summed E-state index contributed by atoms with van der Waals surface area (Å²) in [5, 5.41) is 3.33. The predicted octanol–water partition coefficient (Wildman–Crippen LogP) is 2.97. The third-order valence-electron chi connectivity index (χ3n) is 4.00. The Morgan fingerprint density at radius 2 is 2.17 bits per heavy atom. The smallest absolute Gasteiger partial charge is 0.140 e. The highest BCUT2D eigenvalue weighted by Gasteiger charge is 2.27. The van der Waals surface area contributed by atoms with Crippen molar-refractivity contribution in [2.24, 2.45) is 5.92 Å². The van der Waals surface area contributed by atoms with Gasteiger partial charge in [-0.2, -0.15) is 0 Å². The van der Waals surface area contributed by atoms with Gasteiger partial charge in [0.05, 0.1) is 12.8 Å². The van der Waals surface area contributed by atoms with Crippen molar-refractivity contribution in [1.82, 2.24) is 10.3 Å². The Morgan fingerprint density at radius 1 is 1.33 bits per heavy atom. The van der Waals surface area contributed by atoms with Crippen LogP contribution in [-0.4, -0.2) is 25.7 Å². The molecule has 1 aliphatic carbocycles. The first-order valence-electron chi connectivity index (χ1n) is 7.00. The van der Waals surface area contributed by atoms with Gasteiger partial charge in [0.1, 0.15) is 5.75 Å². The van der Waals surface area contributed by atoms with Gasteiger partial charge in [-0.1, -0.05) is 19.3 Å². The Morgan fingerprint density at radius 3 is 2.94 bits per heavy atom.